The first-order valence-corrected chi connectivity index (χ1v) is 31.8. The highest BCUT2D eigenvalue weighted by molar-refractivity contribution is 6.10. The van der Waals surface area contributed by atoms with E-state index < -0.39 is 0 Å². The van der Waals surface area contributed by atoms with E-state index in [9.17, 15) is 0 Å². The van der Waals surface area contributed by atoms with Gasteiger partial charge in [0.1, 0.15) is 0 Å². The van der Waals surface area contributed by atoms with Gasteiger partial charge in [0.25, 0.3) is 0 Å². The van der Waals surface area contributed by atoms with Crippen LogP contribution in [0.3, 0.4) is 0 Å². The molecular formula is C81H97N7. The molecule has 10 rings (SSSR count). The summed E-state index contributed by atoms with van der Waals surface area (Å²) < 4.78 is 2.39. The maximum Gasteiger partial charge on any atom is 0.166 e. The van der Waals surface area contributed by atoms with Crippen LogP contribution in [0.2, 0.25) is 0 Å². The van der Waals surface area contributed by atoms with Crippen LogP contribution in [0.5, 0.6) is 0 Å². The predicted molar refractivity (Wildman–Crippen MR) is 375 cm³/mol. The molecule has 0 amide bonds. The maximum absolute atomic E-state index is 5.74. The third-order valence-corrected chi connectivity index (χ3v) is 17.5. The Morgan fingerprint density at radius 1 is 0.250 bits per heavy atom. The Labute approximate surface area is 527 Å². The molecule has 7 aromatic carbocycles. The lowest BCUT2D eigenvalue weighted by molar-refractivity contribution is 0.568. The van der Waals surface area contributed by atoms with Crippen LogP contribution in [0, 0.1) is 6.92 Å². The highest BCUT2D eigenvalue weighted by Gasteiger charge is 2.30. The normalized spacial score (nSPS) is 13.3. The summed E-state index contributed by atoms with van der Waals surface area (Å²) in [5.74, 6) is 3.54. The van der Waals surface area contributed by atoms with Gasteiger partial charge in [0.15, 0.2) is 34.9 Å². The van der Waals surface area contributed by atoms with Crippen LogP contribution in [-0.4, -0.2) is 34.5 Å². The number of para-hydroxylation sites is 1. The van der Waals surface area contributed by atoms with Gasteiger partial charge in [-0.15, -0.1) is 0 Å². The van der Waals surface area contributed by atoms with Crippen molar-refractivity contribution in [2.24, 2.45) is 0 Å². The van der Waals surface area contributed by atoms with E-state index in [1.165, 1.54) is 60.8 Å². The molecule has 0 spiro atoms. The summed E-state index contributed by atoms with van der Waals surface area (Å²) in [5.41, 5.74) is 18.3. The van der Waals surface area contributed by atoms with Crippen LogP contribution < -0.4 is 0 Å². The molecule has 0 fully saturated rings. The second kappa shape index (κ2) is 21.8. The van der Waals surface area contributed by atoms with Crippen LogP contribution in [0.1, 0.15) is 216 Å². The summed E-state index contributed by atoms with van der Waals surface area (Å²) in [7, 11) is 0. The van der Waals surface area contributed by atoms with Gasteiger partial charge in [-0.2, -0.15) is 0 Å². The first kappa shape index (κ1) is 63.4. The quantitative estimate of drug-likeness (QED) is 0.158. The van der Waals surface area contributed by atoms with E-state index in [1.807, 2.05) is 0 Å². The van der Waals surface area contributed by atoms with Gasteiger partial charge in [0.05, 0.1) is 16.7 Å². The summed E-state index contributed by atoms with van der Waals surface area (Å²) in [6.45, 7) is 57.0. The molecule has 3 aromatic heterocycles. The smallest absolute Gasteiger partial charge is 0.166 e. The second-order valence-corrected chi connectivity index (χ2v) is 33.4. The molecule has 10 aromatic rings. The van der Waals surface area contributed by atoms with Crippen LogP contribution >= 0.6 is 0 Å². The van der Waals surface area contributed by atoms with Gasteiger partial charge in [0, 0.05) is 44.2 Å². The van der Waals surface area contributed by atoms with Crippen molar-refractivity contribution in [1.82, 2.24) is 34.5 Å². The SMILES string of the molecule is Cc1ccc2c(c1)c1ccccc1n2-c1ccc(-c2nc(-c3cc(C(C)(C)C)cc(C(C)(C)C)c3)nc(-c3cc(C(C)(C)C)cc(C(C)(C)C)c3)n2)cc1-c1nc(-c2cc(C(C)(C)C)cc(C(C)(C)C)c2)nc(-c2cc(C(C)(C)C)cc(C(C)(C)C)c2)n1. The molecule has 0 aliphatic rings. The van der Waals surface area contributed by atoms with Gasteiger partial charge in [-0.1, -0.05) is 220 Å². The van der Waals surface area contributed by atoms with Crippen molar-refractivity contribution in [2.75, 3.05) is 0 Å². The molecule has 0 unspecified atom stereocenters. The molecule has 0 aliphatic carbocycles. The van der Waals surface area contributed by atoms with E-state index in [-0.39, 0.29) is 43.3 Å². The number of hydrogen-bond donors (Lipinski definition) is 0. The van der Waals surface area contributed by atoms with E-state index in [0.717, 1.165) is 50.1 Å². The summed E-state index contributed by atoms with van der Waals surface area (Å²) in [6, 6.07) is 49.9. The summed E-state index contributed by atoms with van der Waals surface area (Å²) in [5, 5.41) is 2.35. The molecule has 0 radical (unpaired) electrons. The predicted octanol–water partition coefficient (Wildman–Crippen LogP) is 21.8. The Balaban J connectivity index is 1.36. The van der Waals surface area contributed by atoms with Crippen LogP contribution in [-0.2, 0) is 43.3 Å². The summed E-state index contributed by atoms with van der Waals surface area (Å²) in [6.07, 6.45) is 0. The first-order chi connectivity index (χ1) is 40.5. The molecule has 0 aliphatic heterocycles. The average molecular weight is 1170 g/mol. The van der Waals surface area contributed by atoms with Crippen molar-refractivity contribution >= 4 is 21.8 Å². The van der Waals surface area contributed by atoms with Gasteiger partial charge in [0.2, 0.25) is 0 Å². The lowest BCUT2D eigenvalue weighted by Gasteiger charge is -2.26. The molecular weight excluding hydrogens is 1070 g/mol. The van der Waals surface area contributed by atoms with Crippen LogP contribution in [0.4, 0.5) is 0 Å². The van der Waals surface area contributed by atoms with Crippen LogP contribution in [0.15, 0.2) is 133 Å². The topological polar surface area (TPSA) is 82.3 Å². The first-order valence-electron chi connectivity index (χ1n) is 31.8. The second-order valence-electron chi connectivity index (χ2n) is 33.4. The summed E-state index contributed by atoms with van der Waals surface area (Å²) in [4.78, 5) is 33.8. The van der Waals surface area contributed by atoms with Crippen LogP contribution in [0.25, 0.3) is 95.8 Å². The zero-order valence-electron chi connectivity index (χ0n) is 57.8. The monoisotopic (exact) mass is 1170 g/mol. The molecule has 0 saturated carbocycles. The average Bonchev–Trinajstić information content (AvgIpc) is 1.55. The molecule has 7 heteroatoms. The minimum atomic E-state index is -0.152. The van der Waals surface area contributed by atoms with Crippen molar-refractivity contribution in [3.05, 3.63) is 184 Å². The number of benzene rings is 7. The number of aromatic nitrogens is 7. The Bertz CT molecular complexity index is 4020. The third kappa shape index (κ3) is 13.1. The number of rotatable bonds is 7. The molecule has 0 atom stereocenters. The van der Waals surface area contributed by atoms with Gasteiger partial charge < -0.3 is 4.57 Å². The zero-order valence-corrected chi connectivity index (χ0v) is 57.8. The molecule has 0 saturated heterocycles. The minimum absolute atomic E-state index is 0.138. The Morgan fingerprint density at radius 3 is 0.852 bits per heavy atom. The highest BCUT2D eigenvalue weighted by atomic mass is 15.1. The number of nitrogens with zero attached hydrogens (tertiary/aromatic N) is 7. The van der Waals surface area contributed by atoms with E-state index in [1.54, 1.807) is 0 Å². The molecule has 3 heterocycles. The van der Waals surface area contributed by atoms with Crippen molar-refractivity contribution < 1.29 is 0 Å². The molecule has 0 bridgehead atoms. The summed E-state index contributed by atoms with van der Waals surface area (Å²) >= 11 is 0. The van der Waals surface area contributed by atoms with E-state index in [0.29, 0.717) is 34.9 Å². The van der Waals surface area contributed by atoms with E-state index in [4.69, 9.17) is 29.9 Å². The minimum Gasteiger partial charge on any atom is -0.309 e. The fraction of sp³-hybridized carbons (Fsp3) is 0.407. The Morgan fingerprint density at radius 2 is 0.534 bits per heavy atom. The van der Waals surface area contributed by atoms with Gasteiger partial charge >= 0.3 is 0 Å². The van der Waals surface area contributed by atoms with Gasteiger partial charge in [-0.3, -0.25) is 0 Å². The zero-order chi connectivity index (χ0) is 64.4. The maximum atomic E-state index is 5.74. The molecule has 0 N–H and O–H groups in total. The Kier molecular flexibility index (Phi) is 15.7. The molecule has 456 valence electrons. The lowest BCUT2D eigenvalue weighted by atomic mass is 9.79. The molecule has 7 nitrogen and oxygen atoms in total. The number of aryl methyl sites for hydroxylation is 1. The van der Waals surface area contributed by atoms with Crippen molar-refractivity contribution in [3.8, 4) is 74.0 Å². The molecule has 88 heavy (non-hydrogen) atoms. The van der Waals surface area contributed by atoms with E-state index >= 15 is 0 Å². The van der Waals surface area contributed by atoms with E-state index in [2.05, 4.69) is 311 Å². The van der Waals surface area contributed by atoms with Gasteiger partial charge in [-0.05, 0) is 180 Å². The van der Waals surface area contributed by atoms with Crippen molar-refractivity contribution in [3.63, 3.8) is 0 Å². The third-order valence-electron chi connectivity index (χ3n) is 17.5. The van der Waals surface area contributed by atoms with Crippen molar-refractivity contribution in [1.29, 1.82) is 0 Å². The van der Waals surface area contributed by atoms with Gasteiger partial charge in [-0.25, -0.2) is 29.9 Å². The number of fused-ring (bicyclic) bond motifs is 3. The highest BCUT2D eigenvalue weighted by Crippen LogP contribution is 2.43. The largest absolute Gasteiger partial charge is 0.309 e. The standard InChI is InChI=1S/C81H97N7/c1-48-30-32-66-63(34-48)62-28-26-27-29-65(62)88(66)67-33-31-49(68-82-69(50-35-54(74(2,3)4)44-55(36-50)75(5,6)7)84-70(83-68)51-37-56(76(8,9)10)45-57(38-51)77(11,12)13)43-64(67)73-86-71(52-39-58(78(14,15)16)46-59(40-52)79(17,18)19)85-72(87-73)53-41-60(80(20,21)22)47-61(42-53)81(23,24)25/h26-47H,1-25H3. The fourth-order valence-corrected chi connectivity index (χ4v) is 11.4. The number of hydrogen-bond acceptors (Lipinski definition) is 6. The fourth-order valence-electron chi connectivity index (χ4n) is 11.4. The lowest BCUT2D eigenvalue weighted by Crippen LogP contribution is -2.17. The Hall–Kier alpha value is -7.64. The van der Waals surface area contributed by atoms with Crippen molar-refractivity contribution in [2.45, 2.75) is 216 Å².